The molecule has 26 heavy (non-hydrogen) atoms. The maximum absolute atomic E-state index is 12.5. The number of aromatic nitrogens is 1. The van der Waals surface area contributed by atoms with E-state index in [9.17, 15) is 4.79 Å². The molecule has 1 saturated heterocycles. The van der Waals surface area contributed by atoms with E-state index in [1.165, 1.54) is 0 Å². The SMILES string of the molecule is COc1ccc(C(OCC(=O)N2CCSCC2)c2ccncc2Cl)cc1. The van der Waals surface area contributed by atoms with E-state index in [1.807, 2.05) is 47.0 Å². The lowest BCUT2D eigenvalue weighted by molar-refractivity contribution is -0.137. The van der Waals surface area contributed by atoms with Crippen LogP contribution in [0.2, 0.25) is 5.02 Å². The van der Waals surface area contributed by atoms with Crippen molar-refractivity contribution in [3.63, 3.8) is 0 Å². The fourth-order valence-electron chi connectivity index (χ4n) is 2.80. The summed E-state index contributed by atoms with van der Waals surface area (Å²) >= 11 is 8.19. The molecule has 1 amide bonds. The van der Waals surface area contributed by atoms with E-state index in [0.29, 0.717) is 5.02 Å². The highest BCUT2D eigenvalue weighted by molar-refractivity contribution is 7.99. The van der Waals surface area contributed by atoms with Gasteiger partial charge in [-0.25, -0.2) is 0 Å². The van der Waals surface area contributed by atoms with E-state index in [-0.39, 0.29) is 12.5 Å². The van der Waals surface area contributed by atoms with Gasteiger partial charge in [-0.05, 0) is 23.8 Å². The normalized spacial score (nSPS) is 15.5. The summed E-state index contributed by atoms with van der Waals surface area (Å²) in [6, 6.07) is 9.39. The summed E-state index contributed by atoms with van der Waals surface area (Å²) in [5, 5.41) is 0.509. The van der Waals surface area contributed by atoms with Gasteiger partial charge in [0.2, 0.25) is 5.91 Å². The minimum Gasteiger partial charge on any atom is -0.497 e. The second-order valence-electron chi connectivity index (χ2n) is 5.85. The van der Waals surface area contributed by atoms with Gasteiger partial charge in [0, 0.05) is 42.6 Å². The molecule has 0 saturated carbocycles. The summed E-state index contributed by atoms with van der Waals surface area (Å²) in [7, 11) is 1.62. The van der Waals surface area contributed by atoms with Crippen LogP contribution in [0.25, 0.3) is 0 Å². The number of ether oxygens (including phenoxy) is 2. The van der Waals surface area contributed by atoms with E-state index in [1.54, 1.807) is 19.5 Å². The number of methoxy groups -OCH3 is 1. The lowest BCUT2D eigenvalue weighted by atomic mass is 10.0. The first kappa shape index (κ1) is 19.0. The topological polar surface area (TPSA) is 51.7 Å². The molecule has 0 aliphatic carbocycles. The van der Waals surface area contributed by atoms with Crippen molar-refractivity contribution in [3.05, 3.63) is 58.9 Å². The quantitative estimate of drug-likeness (QED) is 0.753. The van der Waals surface area contributed by atoms with E-state index < -0.39 is 6.10 Å². The predicted molar refractivity (Wildman–Crippen MR) is 104 cm³/mol. The predicted octanol–water partition coefficient (Wildman–Crippen LogP) is 3.43. The molecule has 1 aromatic carbocycles. The number of carbonyl (C=O) groups excluding carboxylic acids is 1. The molecule has 0 spiro atoms. The summed E-state index contributed by atoms with van der Waals surface area (Å²) in [6.45, 7) is 1.56. The van der Waals surface area contributed by atoms with E-state index in [0.717, 1.165) is 41.5 Å². The first-order chi connectivity index (χ1) is 12.7. The smallest absolute Gasteiger partial charge is 0.248 e. The van der Waals surface area contributed by atoms with Crippen LogP contribution < -0.4 is 4.74 Å². The van der Waals surface area contributed by atoms with Gasteiger partial charge in [0.05, 0.1) is 12.1 Å². The zero-order valence-corrected chi connectivity index (χ0v) is 16.1. The second-order valence-corrected chi connectivity index (χ2v) is 7.49. The molecule has 1 aliphatic rings. The molecular formula is C19H21ClN2O3S. The maximum atomic E-state index is 12.5. The van der Waals surface area contributed by atoms with Crippen LogP contribution >= 0.6 is 23.4 Å². The van der Waals surface area contributed by atoms with Crippen LogP contribution in [0.3, 0.4) is 0 Å². The summed E-state index contributed by atoms with van der Waals surface area (Å²) in [4.78, 5) is 18.4. The van der Waals surface area contributed by atoms with Crippen molar-refractivity contribution in [1.82, 2.24) is 9.88 Å². The number of nitrogens with zero attached hydrogens (tertiary/aromatic N) is 2. The molecule has 1 aromatic heterocycles. The van der Waals surface area contributed by atoms with E-state index in [4.69, 9.17) is 21.1 Å². The van der Waals surface area contributed by atoms with Crippen LogP contribution in [0.1, 0.15) is 17.2 Å². The monoisotopic (exact) mass is 392 g/mol. The molecule has 3 rings (SSSR count). The standard InChI is InChI=1S/C19H21ClN2O3S/c1-24-15-4-2-14(3-5-15)19(16-6-7-21-12-17(16)20)25-13-18(23)22-8-10-26-11-9-22/h2-7,12,19H,8-11,13H2,1H3. The van der Waals surface area contributed by atoms with Crippen molar-refractivity contribution in [3.8, 4) is 5.75 Å². The van der Waals surface area contributed by atoms with Crippen LogP contribution in [0.4, 0.5) is 0 Å². The minimum atomic E-state index is -0.445. The molecule has 0 N–H and O–H groups in total. The zero-order valence-electron chi connectivity index (χ0n) is 14.6. The Hall–Kier alpha value is -1.76. The number of rotatable bonds is 6. The highest BCUT2D eigenvalue weighted by Gasteiger charge is 2.22. The Labute approximate surface area is 162 Å². The van der Waals surface area contributed by atoms with Gasteiger partial charge in [0.15, 0.2) is 0 Å². The van der Waals surface area contributed by atoms with Gasteiger partial charge in [-0.15, -0.1) is 0 Å². The third-order valence-electron chi connectivity index (χ3n) is 4.24. The average molecular weight is 393 g/mol. The minimum absolute atomic E-state index is 0.00832. The number of benzene rings is 1. The van der Waals surface area contributed by atoms with E-state index in [2.05, 4.69) is 4.98 Å². The molecule has 0 radical (unpaired) electrons. The Balaban J connectivity index is 1.78. The summed E-state index contributed by atoms with van der Waals surface area (Å²) in [6.07, 6.45) is 2.81. The molecule has 5 nitrogen and oxygen atoms in total. The molecule has 0 bridgehead atoms. The van der Waals surface area contributed by atoms with E-state index >= 15 is 0 Å². The van der Waals surface area contributed by atoms with Gasteiger partial charge >= 0.3 is 0 Å². The Kier molecular flexibility index (Phi) is 6.77. The number of carbonyl (C=O) groups is 1. The van der Waals surface area contributed by atoms with Crippen molar-refractivity contribution in [2.45, 2.75) is 6.10 Å². The number of hydrogen-bond donors (Lipinski definition) is 0. The lowest BCUT2D eigenvalue weighted by Crippen LogP contribution is -2.40. The van der Waals surface area contributed by atoms with Crippen molar-refractivity contribution in [2.75, 3.05) is 38.3 Å². The lowest BCUT2D eigenvalue weighted by Gasteiger charge is -2.27. The van der Waals surface area contributed by atoms with Crippen molar-refractivity contribution in [1.29, 1.82) is 0 Å². The van der Waals surface area contributed by atoms with Crippen molar-refractivity contribution < 1.29 is 14.3 Å². The average Bonchev–Trinajstić information content (AvgIpc) is 2.70. The molecule has 2 heterocycles. The summed E-state index contributed by atoms with van der Waals surface area (Å²) in [5.74, 6) is 2.72. The molecular weight excluding hydrogens is 372 g/mol. The van der Waals surface area contributed by atoms with Gasteiger partial charge in [0.1, 0.15) is 18.5 Å². The van der Waals surface area contributed by atoms with Crippen LogP contribution in [0.15, 0.2) is 42.7 Å². The van der Waals surface area contributed by atoms with Gasteiger partial charge in [-0.3, -0.25) is 9.78 Å². The van der Waals surface area contributed by atoms with Crippen LogP contribution in [0.5, 0.6) is 5.75 Å². The first-order valence-corrected chi connectivity index (χ1v) is 9.93. The molecule has 7 heteroatoms. The number of halogens is 1. The van der Waals surface area contributed by atoms with Crippen LogP contribution in [-0.2, 0) is 9.53 Å². The van der Waals surface area contributed by atoms with Gasteiger partial charge < -0.3 is 14.4 Å². The number of pyridine rings is 1. The Bertz CT molecular complexity index is 736. The van der Waals surface area contributed by atoms with Crippen LogP contribution in [0, 0.1) is 0 Å². The highest BCUT2D eigenvalue weighted by atomic mass is 35.5. The highest BCUT2D eigenvalue weighted by Crippen LogP contribution is 2.31. The fourth-order valence-corrected chi connectivity index (χ4v) is 3.92. The molecule has 1 atom stereocenters. The molecule has 2 aromatic rings. The number of amides is 1. The first-order valence-electron chi connectivity index (χ1n) is 8.39. The van der Waals surface area contributed by atoms with Gasteiger partial charge in [-0.2, -0.15) is 11.8 Å². The number of hydrogen-bond acceptors (Lipinski definition) is 5. The molecule has 1 unspecified atom stereocenters. The summed E-state index contributed by atoms with van der Waals surface area (Å²) < 4.78 is 11.2. The van der Waals surface area contributed by atoms with Gasteiger partial charge in [-0.1, -0.05) is 23.7 Å². The van der Waals surface area contributed by atoms with Gasteiger partial charge in [0.25, 0.3) is 0 Å². The Morgan fingerprint density at radius 1 is 1.27 bits per heavy atom. The largest absolute Gasteiger partial charge is 0.497 e. The molecule has 138 valence electrons. The second kappa shape index (κ2) is 9.26. The van der Waals surface area contributed by atoms with Crippen molar-refractivity contribution >= 4 is 29.3 Å². The van der Waals surface area contributed by atoms with Crippen LogP contribution in [-0.4, -0.2) is 54.1 Å². The maximum Gasteiger partial charge on any atom is 0.248 e. The Morgan fingerprint density at radius 2 is 2.00 bits per heavy atom. The fraction of sp³-hybridized carbons (Fsp3) is 0.368. The molecule has 1 fully saturated rings. The zero-order chi connectivity index (χ0) is 18.4. The third-order valence-corrected chi connectivity index (χ3v) is 5.50. The number of thioether (sulfide) groups is 1. The summed E-state index contributed by atoms with van der Waals surface area (Å²) in [5.41, 5.74) is 1.69. The Morgan fingerprint density at radius 3 is 2.65 bits per heavy atom. The third kappa shape index (κ3) is 4.69. The van der Waals surface area contributed by atoms with Crippen molar-refractivity contribution in [2.24, 2.45) is 0 Å². The molecule has 1 aliphatic heterocycles.